The van der Waals surface area contributed by atoms with Crippen LogP contribution in [0.2, 0.25) is 5.02 Å². The molecule has 1 amide bonds. The Hall–Kier alpha value is -1.32. The fourth-order valence-corrected chi connectivity index (χ4v) is 5.88. The molecule has 162 valence electrons. The number of halogens is 4. The number of carbonyl (C=O) groups excluding carboxylic acids is 1. The summed E-state index contributed by atoms with van der Waals surface area (Å²) in [6.45, 7) is 0.513. The summed E-state index contributed by atoms with van der Waals surface area (Å²) in [7, 11) is -4.19. The topological polar surface area (TPSA) is 57.7 Å². The van der Waals surface area contributed by atoms with Crippen LogP contribution in [0.15, 0.2) is 23.1 Å². The van der Waals surface area contributed by atoms with E-state index >= 15 is 0 Å². The van der Waals surface area contributed by atoms with Crippen LogP contribution in [-0.4, -0.2) is 49.7 Å². The van der Waals surface area contributed by atoms with Crippen molar-refractivity contribution in [3.63, 3.8) is 0 Å². The van der Waals surface area contributed by atoms with Gasteiger partial charge >= 0.3 is 6.18 Å². The van der Waals surface area contributed by atoms with Gasteiger partial charge in [0.25, 0.3) is 0 Å². The first-order chi connectivity index (χ1) is 13.6. The van der Waals surface area contributed by atoms with Crippen LogP contribution < -0.4 is 0 Å². The van der Waals surface area contributed by atoms with Crippen LogP contribution in [0.25, 0.3) is 0 Å². The van der Waals surface area contributed by atoms with Crippen molar-refractivity contribution in [2.75, 3.05) is 26.2 Å². The summed E-state index contributed by atoms with van der Waals surface area (Å²) in [6.07, 6.45) is 1.40. The number of carbonyl (C=O) groups is 1. The highest BCUT2D eigenvalue weighted by Crippen LogP contribution is 2.34. The molecule has 3 rings (SSSR count). The van der Waals surface area contributed by atoms with E-state index in [4.69, 9.17) is 11.6 Å². The van der Waals surface area contributed by atoms with Crippen LogP contribution in [0.5, 0.6) is 0 Å². The highest BCUT2D eigenvalue weighted by Gasteiger charge is 2.36. The van der Waals surface area contributed by atoms with E-state index in [1.54, 1.807) is 4.90 Å². The van der Waals surface area contributed by atoms with E-state index in [2.05, 4.69) is 0 Å². The van der Waals surface area contributed by atoms with Crippen LogP contribution in [-0.2, 0) is 21.0 Å². The first-order valence-corrected chi connectivity index (χ1v) is 11.6. The summed E-state index contributed by atoms with van der Waals surface area (Å²) in [5.74, 6) is 0.410. The van der Waals surface area contributed by atoms with Crippen LogP contribution in [0.1, 0.15) is 44.1 Å². The van der Waals surface area contributed by atoms with E-state index in [0.717, 1.165) is 42.1 Å². The molecule has 0 N–H and O–H groups in total. The maximum absolute atomic E-state index is 13.0. The molecule has 0 radical (unpaired) electrons. The second kappa shape index (κ2) is 8.81. The van der Waals surface area contributed by atoms with Crippen molar-refractivity contribution in [3.8, 4) is 0 Å². The molecule has 1 heterocycles. The molecule has 1 saturated carbocycles. The van der Waals surface area contributed by atoms with Crippen LogP contribution >= 0.6 is 11.6 Å². The second-order valence-electron chi connectivity index (χ2n) is 7.64. The zero-order chi connectivity index (χ0) is 21.2. The maximum atomic E-state index is 13.0. The number of nitrogens with zero attached hydrogens (tertiary/aromatic N) is 2. The van der Waals surface area contributed by atoms with Gasteiger partial charge in [-0.15, -0.1) is 0 Å². The average Bonchev–Trinajstić information content (AvgIpc) is 2.68. The highest BCUT2D eigenvalue weighted by atomic mass is 35.5. The van der Waals surface area contributed by atoms with Crippen molar-refractivity contribution in [3.05, 3.63) is 28.8 Å². The van der Waals surface area contributed by atoms with Gasteiger partial charge in [0.15, 0.2) is 0 Å². The van der Waals surface area contributed by atoms with E-state index < -0.39 is 26.7 Å². The van der Waals surface area contributed by atoms with Crippen molar-refractivity contribution in [2.45, 2.75) is 49.6 Å². The minimum Gasteiger partial charge on any atom is -0.340 e. The fourth-order valence-electron chi connectivity index (χ4n) is 3.96. The molecule has 0 atom stereocenters. The van der Waals surface area contributed by atoms with E-state index in [1.165, 1.54) is 6.42 Å². The lowest BCUT2D eigenvalue weighted by molar-refractivity contribution is -0.137. The molecule has 5 nitrogen and oxygen atoms in total. The Morgan fingerprint density at radius 1 is 1.07 bits per heavy atom. The molecule has 0 spiro atoms. The van der Waals surface area contributed by atoms with Crippen LogP contribution in [0.3, 0.4) is 0 Å². The third-order valence-corrected chi connectivity index (χ3v) is 8.04. The first kappa shape index (κ1) is 22.4. The molecule has 0 bridgehead atoms. The quantitative estimate of drug-likeness (QED) is 0.689. The predicted molar refractivity (Wildman–Crippen MR) is 103 cm³/mol. The lowest BCUT2D eigenvalue weighted by Crippen LogP contribution is -2.50. The minimum absolute atomic E-state index is 0.0195. The Bertz CT molecular complexity index is 847. The third kappa shape index (κ3) is 5.24. The molecule has 1 aliphatic carbocycles. The molecule has 1 aliphatic heterocycles. The van der Waals surface area contributed by atoms with E-state index in [0.29, 0.717) is 18.4 Å². The number of piperazine rings is 1. The van der Waals surface area contributed by atoms with E-state index in [1.807, 2.05) is 0 Å². The third-order valence-electron chi connectivity index (χ3n) is 5.66. The number of hydrogen-bond acceptors (Lipinski definition) is 3. The number of amides is 1. The number of benzene rings is 1. The molecule has 29 heavy (non-hydrogen) atoms. The van der Waals surface area contributed by atoms with Gasteiger partial charge in [0, 0.05) is 32.6 Å². The molecule has 10 heteroatoms. The SMILES string of the molecule is O=C(CC1CCCCC1)N1CCN(S(=O)(=O)c2cc(C(F)(F)F)ccc2Cl)CC1. The number of hydrogen-bond donors (Lipinski definition) is 0. The Kier molecular flexibility index (Phi) is 6.80. The fraction of sp³-hybridized carbons (Fsp3) is 0.632. The summed E-state index contributed by atoms with van der Waals surface area (Å²) in [5.41, 5.74) is -1.07. The number of alkyl halides is 3. The van der Waals surface area contributed by atoms with Crippen molar-refractivity contribution < 1.29 is 26.4 Å². The van der Waals surface area contributed by atoms with Gasteiger partial charge in [-0.3, -0.25) is 4.79 Å². The highest BCUT2D eigenvalue weighted by molar-refractivity contribution is 7.89. The zero-order valence-corrected chi connectivity index (χ0v) is 17.5. The Morgan fingerprint density at radius 2 is 1.69 bits per heavy atom. The van der Waals surface area contributed by atoms with Gasteiger partial charge in [-0.05, 0) is 37.0 Å². The summed E-state index contributed by atoms with van der Waals surface area (Å²) in [6, 6.07) is 2.27. The van der Waals surface area contributed by atoms with E-state index in [9.17, 15) is 26.4 Å². The van der Waals surface area contributed by atoms with Gasteiger partial charge < -0.3 is 4.90 Å². The van der Waals surface area contributed by atoms with Gasteiger partial charge in [0.2, 0.25) is 15.9 Å². The lowest BCUT2D eigenvalue weighted by atomic mass is 9.86. The van der Waals surface area contributed by atoms with Crippen molar-refractivity contribution >= 4 is 27.5 Å². The van der Waals surface area contributed by atoms with Crippen molar-refractivity contribution in [1.82, 2.24) is 9.21 Å². The maximum Gasteiger partial charge on any atom is 0.416 e. The Balaban J connectivity index is 1.66. The Labute approximate surface area is 173 Å². The molecule has 1 saturated heterocycles. The van der Waals surface area contributed by atoms with Gasteiger partial charge in [0.1, 0.15) is 4.90 Å². The summed E-state index contributed by atoms with van der Waals surface area (Å²) in [4.78, 5) is 13.6. The zero-order valence-electron chi connectivity index (χ0n) is 15.9. The standard InChI is InChI=1S/C19H24ClF3N2O3S/c20-16-7-6-15(19(21,22)23)13-17(16)29(27,28)25-10-8-24(9-11-25)18(26)12-14-4-2-1-3-5-14/h6-7,13-14H,1-5,8-12H2. The van der Waals surface area contributed by atoms with Crippen molar-refractivity contribution in [2.24, 2.45) is 5.92 Å². The molecule has 2 fully saturated rings. The second-order valence-corrected chi connectivity index (χ2v) is 9.95. The summed E-state index contributed by atoms with van der Waals surface area (Å²) >= 11 is 5.90. The monoisotopic (exact) mass is 452 g/mol. The predicted octanol–water partition coefficient (Wildman–Crippen LogP) is 4.16. The van der Waals surface area contributed by atoms with Crippen LogP contribution in [0, 0.1) is 5.92 Å². The van der Waals surface area contributed by atoms with Gasteiger partial charge in [-0.1, -0.05) is 30.9 Å². The molecule has 1 aromatic rings. The number of rotatable bonds is 4. The molecule has 2 aliphatic rings. The molecule has 1 aromatic carbocycles. The lowest BCUT2D eigenvalue weighted by Gasteiger charge is -2.35. The van der Waals surface area contributed by atoms with Gasteiger partial charge in [-0.25, -0.2) is 8.42 Å². The van der Waals surface area contributed by atoms with Gasteiger partial charge in [0.05, 0.1) is 10.6 Å². The minimum atomic E-state index is -4.67. The summed E-state index contributed by atoms with van der Waals surface area (Å²) < 4.78 is 65.7. The Morgan fingerprint density at radius 3 is 2.28 bits per heavy atom. The largest absolute Gasteiger partial charge is 0.416 e. The van der Waals surface area contributed by atoms with Crippen LogP contribution in [0.4, 0.5) is 13.2 Å². The molecular weight excluding hydrogens is 429 g/mol. The van der Waals surface area contributed by atoms with E-state index in [-0.39, 0.29) is 37.1 Å². The molecule has 0 aromatic heterocycles. The molecule has 0 unspecified atom stereocenters. The molecular formula is C19H24ClF3N2O3S. The average molecular weight is 453 g/mol. The smallest absolute Gasteiger partial charge is 0.340 e. The normalized spacial score (nSPS) is 20.1. The van der Waals surface area contributed by atoms with Crippen molar-refractivity contribution in [1.29, 1.82) is 0 Å². The van der Waals surface area contributed by atoms with Gasteiger partial charge in [-0.2, -0.15) is 17.5 Å². The first-order valence-electron chi connectivity index (χ1n) is 9.73. The summed E-state index contributed by atoms with van der Waals surface area (Å²) in [5, 5.41) is -0.256. The number of sulfonamides is 1.